The molecule has 0 aromatic carbocycles. The van der Waals surface area contributed by atoms with E-state index >= 15 is 0 Å². The maximum atomic E-state index is 5.03. The van der Waals surface area contributed by atoms with Gasteiger partial charge in [0.2, 0.25) is 0 Å². The predicted molar refractivity (Wildman–Crippen MR) is 48.1 cm³/mol. The van der Waals surface area contributed by atoms with Crippen LogP contribution in [-0.2, 0) is 4.74 Å². The Kier molecular flexibility index (Phi) is 2.99. The highest BCUT2D eigenvalue weighted by atomic mass is 127. The minimum absolute atomic E-state index is 0.0137. The van der Waals surface area contributed by atoms with Crippen LogP contribution in [-0.4, -0.2) is 16.5 Å². The van der Waals surface area contributed by atoms with E-state index in [9.17, 15) is 0 Å². The number of hydrogen-bond donors (Lipinski definition) is 0. The second-order valence-electron chi connectivity index (χ2n) is 1.78. The Balaban J connectivity index is 2.74. The van der Waals surface area contributed by atoms with Crippen LogP contribution in [0.3, 0.4) is 0 Å². The van der Waals surface area contributed by atoms with Crippen LogP contribution >= 0.6 is 34.1 Å². The molecule has 56 valence electrons. The highest BCUT2D eigenvalue weighted by Gasteiger charge is 2.08. The molecule has 0 aliphatic heterocycles. The first kappa shape index (κ1) is 8.35. The molecule has 1 aromatic rings. The van der Waals surface area contributed by atoms with E-state index < -0.39 is 0 Å². The van der Waals surface area contributed by atoms with Gasteiger partial charge in [0.05, 0.1) is 0 Å². The van der Waals surface area contributed by atoms with Crippen molar-refractivity contribution >= 4 is 34.1 Å². The molecule has 1 rings (SSSR count). The normalized spacial score (nSPS) is 13.5. The molecule has 0 fully saturated rings. The van der Waals surface area contributed by atoms with Gasteiger partial charge in [-0.2, -0.15) is 4.37 Å². The molecule has 1 aromatic heterocycles. The Morgan fingerprint density at radius 2 is 2.40 bits per heavy atom. The number of rotatable bonds is 2. The standard InChI is InChI=1S/C5H7IN2OS/c1-3(9-2)4-7-5(6)10-8-4/h3H,1-2H3. The molecule has 1 heterocycles. The van der Waals surface area contributed by atoms with Crippen LogP contribution in [0.2, 0.25) is 0 Å². The van der Waals surface area contributed by atoms with Crippen molar-refractivity contribution in [1.82, 2.24) is 9.36 Å². The molecular weight excluding hydrogens is 263 g/mol. The van der Waals surface area contributed by atoms with Crippen LogP contribution in [0.4, 0.5) is 0 Å². The Morgan fingerprint density at radius 1 is 1.70 bits per heavy atom. The van der Waals surface area contributed by atoms with Crippen LogP contribution in [0.5, 0.6) is 0 Å². The number of aromatic nitrogens is 2. The zero-order chi connectivity index (χ0) is 7.56. The van der Waals surface area contributed by atoms with Gasteiger partial charge in [-0.25, -0.2) is 4.98 Å². The highest BCUT2D eigenvalue weighted by molar-refractivity contribution is 14.1. The van der Waals surface area contributed by atoms with Gasteiger partial charge in [-0.1, -0.05) is 0 Å². The smallest absolute Gasteiger partial charge is 0.174 e. The maximum Gasteiger partial charge on any atom is 0.174 e. The third-order valence-corrected chi connectivity index (χ3v) is 2.49. The van der Waals surface area contributed by atoms with Crippen LogP contribution in [0.15, 0.2) is 0 Å². The molecule has 5 heteroatoms. The van der Waals surface area contributed by atoms with Crippen LogP contribution < -0.4 is 0 Å². The molecule has 0 radical (unpaired) electrons. The topological polar surface area (TPSA) is 35.0 Å². The third-order valence-electron chi connectivity index (χ3n) is 1.13. The Hall–Kier alpha value is 0.250. The second-order valence-corrected chi connectivity index (χ2v) is 4.29. The maximum absolute atomic E-state index is 5.03. The summed E-state index contributed by atoms with van der Waals surface area (Å²) in [7, 11) is 1.65. The average molecular weight is 270 g/mol. The van der Waals surface area contributed by atoms with Crippen LogP contribution in [0.25, 0.3) is 0 Å². The van der Waals surface area contributed by atoms with Gasteiger partial charge in [0, 0.05) is 7.11 Å². The van der Waals surface area contributed by atoms with Crippen molar-refractivity contribution in [3.05, 3.63) is 8.84 Å². The number of halogens is 1. The van der Waals surface area contributed by atoms with Gasteiger partial charge in [0.15, 0.2) is 8.84 Å². The van der Waals surface area contributed by atoms with Crippen molar-refractivity contribution in [2.24, 2.45) is 0 Å². The lowest BCUT2D eigenvalue weighted by molar-refractivity contribution is 0.113. The fourth-order valence-electron chi connectivity index (χ4n) is 0.486. The van der Waals surface area contributed by atoms with Gasteiger partial charge in [-0.3, -0.25) is 0 Å². The van der Waals surface area contributed by atoms with Gasteiger partial charge in [-0.15, -0.1) is 0 Å². The lowest BCUT2D eigenvalue weighted by Gasteiger charge is -2.01. The predicted octanol–water partition coefficient (Wildman–Crippen LogP) is 1.85. The zero-order valence-electron chi connectivity index (χ0n) is 5.67. The van der Waals surface area contributed by atoms with E-state index in [1.807, 2.05) is 6.92 Å². The largest absolute Gasteiger partial charge is 0.374 e. The average Bonchev–Trinajstić information content (AvgIpc) is 2.34. The van der Waals surface area contributed by atoms with Crippen molar-refractivity contribution in [3.63, 3.8) is 0 Å². The molecule has 10 heavy (non-hydrogen) atoms. The summed E-state index contributed by atoms with van der Waals surface area (Å²) in [4.78, 5) is 4.15. The summed E-state index contributed by atoms with van der Waals surface area (Å²) in [5.41, 5.74) is 0. The number of nitrogens with zero attached hydrogens (tertiary/aromatic N) is 2. The summed E-state index contributed by atoms with van der Waals surface area (Å²) < 4.78 is 10.1. The molecule has 0 amide bonds. The molecule has 3 nitrogen and oxygen atoms in total. The Labute approximate surface area is 77.1 Å². The van der Waals surface area contributed by atoms with Crippen molar-refractivity contribution < 1.29 is 4.74 Å². The van der Waals surface area contributed by atoms with E-state index in [0.717, 1.165) is 8.84 Å². The SMILES string of the molecule is COC(C)c1nsc(I)n1. The summed E-state index contributed by atoms with van der Waals surface area (Å²) in [6.45, 7) is 1.93. The molecule has 0 saturated heterocycles. The van der Waals surface area contributed by atoms with Crippen LogP contribution in [0, 0.1) is 3.01 Å². The number of methoxy groups -OCH3 is 1. The molecule has 0 aliphatic carbocycles. The number of ether oxygens (including phenoxy) is 1. The van der Waals surface area contributed by atoms with E-state index in [1.54, 1.807) is 7.11 Å². The molecule has 0 saturated carbocycles. The van der Waals surface area contributed by atoms with E-state index in [4.69, 9.17) is 4.74 Å². The van der Waals surface area contributed by atoms with E-state index in [1.165, 1.54) is 11.5 Å². The molecule has 1 unspecified atom stereocenters. The summed E-state index contributed by atoms with van der Waals surface area (Å²) in [5.74, 6) is 0.775. The summed E-state index contributed by atoms with van der Waals surface area (Å²) >= 11 is 3.53. The van der Waals surface area contributed by atoms with E-state index in [2.05, 4.69) is 31.9 Å². The van der Waals surface area contributed by atoms with Gasteiger partial charge >= 0.3 is 0 Å². The van der Waals surface area contributed by atoms with Gasteiger partial charge in [-0.05, 0) is 41.0 Å². The molecule has 0 aliphatic rings. The Morgan fingerprint density at radius 3 is 2.80 bits per heavy atom. The molecular formula is C5H7IN2OS. The van der Waals surface area contributed by atoms with E-state index in [-0.39, 0.29) is 6.10 Å². The zero-order valence-corrected chi connectivity index (χ0v) is 8.64. The van der Waals surface area contributed by atoms with Crippen LogP contribution in [0.1, 0.15) is 18.9 Å². The first-order valence-electron chi connectivity index (χ1n) is 2.76. The third kappa shape index (κ3) is 1.86. The highest BCUT2D eigenvalue weighted by Crippen LogP contribution is 2.15. The van der Waals surface area contributed by atoms with E-state index in [0.29, 0.717) is 0 Å². The Bertz CT molecular complexity index is 215. The minimum atomic E-state index is 0.0137. The van der Waals surface area contributed by atoms with Gasteiger partial charge < -0.3 is 4.74 Å². The minimum Gasteiger partial charge on any atom is -0.374 e. The fraction of sp³-hybridized carbons (Fsp3) is 0.600. The summed E-state index contributed by atoms with van der Waals surface area (Å²) in [5, 5.41) is 0. The summed E-state index contributed by atoms with van der Waals surface area (Å²) in [6, 6.07) is 0. The van der Waals surface area contributed by atoms with Crippen molar-refractivity contribution in [1.29, 1.82) is 0 Å². The molecule has 0 bridgehead atoms. The first-order chi connectivity index (χ1) is 4.74. The van der Waals surface area contributed by atoms with Gasteiger partial charge in [0.25, 0.3) is 0 Å². The molecule has 0 N–H and O–H groups in total. The monoisotopic (exact) mass is 270 g/mol. The van der Waals surface area contributed by atoms with Crippen molar-refractivity contribution in [2.75, 3.05) is 7.11 Å². The second kappa shape index (κ2) is 3.59. The molecule has 1 atom stereocenters. The summed E-state index contributed by atoms with van der Waals surface area (Å²) in [6.07, 6.45) is 0.0137. The van der Waals surface area contributed by atoms with Crippen molar-refractivity contribution in [3.8, 4) is 0 Å². The van der Waals surface area contributed by atoms with Crippen molar-refractivity contribution in [2.45, 2.75) is 13.0 Å². The first-order valence-corrected chi connectivity index (χ1v) is 4.61. The number of hydrogen-bond acceptors (Lipinski definition) is 4. The lowest BCUT2D eigenvalue weighted by atomic mass is 10.4. The lowest BCUT2D eigenvalue weighted by Crippen LogP contribution is -1.97. The van der Waals surface area contributed by atoms with Gasteiger partial charge in [0.1, 0.15) is 6.10 Å². The fourth-order valence-corrected chi connectivity index (χ4v) is 1.52. The quantitative estimate of drug-likeness (QED) is 0.769. The molecule has 0 spiro atoms.